The first-order valence-electron chi connectivity index (χ1n) is 5.09. The fourth-order valence-electron chi connectivity index (χ4n) is 1.42. The van der Waals surface area contributed by atoms with Crippen molar-refractivity contribution in [2.75, 3.05) is 19.1 Å². The summed E-state index contributed by atoms with van der Waals surface area (Å²) in [6.07, 6.45) is 0. The van der Waals surface area contributed by atoms with E-state index in [2.05, 4.69) is 4.74 Å². The smallest absolute Gasteiger partial charge is 0.397 e. The number of nitrogens with zero attached hydrogens (tertiary/aromatic N) is 1. The third kappa shape index (κ3) is 2.65. The molecule has 0 aliphatic rings. The van der Waals surface area contributed by atoms with E-state index in [9.17, 15) is 14.4 Å². The van der Waals surface area contributed by atoms with Crippen LogP contribution in [0.25, 0.3) is 0 Å². The molecule has 0 fully saturated rings. The second kappa shape index (κ2) is 5.81. The minimum Gasteiger partial charge on any atom is -0.495 e. The predicted octanol–water partition coefficient (Wildman–Crippen LogP) is 0.748. The zero-order valence-electron chi connectivity index (χ0n) is 10.3. The van der Waals surface area contributed by atoms with E-state index < -0.39 is 17.8 Å². The molecule has 1 aromatic carbocycles. The van der Waals surface area contributed by atoms with Crippen LogP contribution < -0.4 is 9.64 Å². The summed E-state index contributed by atoms with van der Waals surface area (Å²) in [7, 11) is 2.47. The maximum Gasteiger partial charge on any atom is 0.397 e. The molecule has 0 radical (unpaired) electrons. The molecule has 18 heavy (non-hydrogen) atoms. The van der Waals surface area contributed by atoms with Crippen molar-refractivity contribution in [3.8, 4) is 5.75 Å². The van der Waals surface area contributed by atoms with Crippen LogP contribution in [0.2, 0.25) is 0 Å². The van der Waals surface area contributed by atoms with Crippen LogP contribution >= 0.6 is 0 Å². The van der Waals surface area contributed by atoms with E-state index in [4.69, 9.17) is 4.74 Å². The Bertz CT molecular complexity index is 483. The molecule has 0 saturated heterocycles. The normalized spacial score (nSPS) is 9.50. The molecule has 0 aromatic heterocycles. The molecular weight excluding hydrogens is 238 g/mol. The van der Waals surface area contributed by atoms with Crippen molar-refractivity contribution >= 4 is 23.5 Å². The second-order valence-electron chi connectivity index (χ2n) is 3.32. The summed E-state index contributed by atoms with van der Waals surface area (Å²) >= 11 is 0. The van der Waals surface area contributed by atoms with Crippen LogP contribution in [-0.2, 0) is 19.1 Å². The molecule has 6 nitrogen and oxygen atoms in total. The Morgan fingerprint density at radius 3 is 2.22 bits per heavy atom. The van der Waals surface area contributed by atoms with Gasteiger partial charge in [-0.15, -0.1) is 0 Å². The Hall–Kier alpha value is -2.37. The van der Waals surface area contributed by atoms with Crippen LogP contribution in [0.4, 0.5) is 5.69 Å². The summed E-state index contributed by atoms with van der Waals surface area (Å²) in [4.78, 5) is 35.2. The quantitative estimate of drug-likeness (QED) is 0.572. The van der Waals surface area contributed by atoms with E-state index in [1.807, 2.05) is 0 Å². The largest absolute Gasteiger partial charge is 0.495 e. The third-order valence-corrected chi connectivity index (χ3v) is 2.20. The maximum absolute atomic E-state index is 11.8. The van der Waals surface area contributed by atoms with Crippen molar-refractivity contribution in [2.24, 2.45) is 0 Å². The average molecular weight is 251 g/mol. The van der Waals surface area contributed by atoms with Crippen LogP contribution in [0, 0.1) is 0 Å². The second-order valence-corrected chi connectivity index (χ2v) is 3.32. The van der Waals surface area contributed by atoms with E-state index in [1.54, 1.807) is 18.2 Å². The van der Waals surface area contributed by atoms with Gasteiger partial charge in [-0.05, 0) is 12.1 Å². The first kappa shape index (κ1) is 13.7. The number of rotatable bonds is 2. The van der Waals surface area contributed by atoms with Gasteiger partial charge in [0.25, 0.3) is 0 Å². The van der Waals surface area contributed by atoms with Gasteiger partial charge in [-0.25, -0.2) is 9.69 Å². The summed E-state index contributed by atoms with van der Waals surface area (Å²) in [6.45, 7) is 1.17. The van der Waals surface area contributed by atoms with Gasteiger partial charge in [0.05, 0.1) is 19.9 Å². The first-order chi connectivity index (χ1) is 8.52. The molecule has 0 spiro atoms. The highest BCUT2D eigenvalue weighted by Crippen LogP contribution is 2.27. The van der Waals surface area contributed by atoms with Gasteiger partial charge in [-0.2, -0.15) is 0 Å². The van der Waals surface area contributed by atoms with E-state index in [0.717, 1.165) is 7.11 Å². The van der Waals surface area contributed by atoms with Crippen molar-refractivity contribution in [2.45, 2.75) is 6.92 Å². The number of imide groups is 1. The summed E-state index contributed by atoms with van der Waals surface area (Å²) in [6, 6.07) is 6.39. The van der Waals surface area contributed by atoms with Gasteiger partial charge in [0.15, 0.2) is 0 Å². The first-order valence-corrected chi connectivity index (χ1v) is 5.09. The van der Waals surface area contributed by atoms with E-state index >= 15 is 0 Å². The van der Waals surface area contributed by atoms with Gasteiger partial charge in [0.1, 0.15) is 5.75 Å². The molecule has 0 aliphatic heterocycles. The molecular formula is C12H13NO5. The lowest BCUT2D eigenvalue weighted by molar-refractivity contribution is -0.152. The van der Waals surface area contributed by atoms with Crippen molar-refractivity contribution in [1.29, 1.82) is 0 Å². The number of esters is 1. The molecule has 0 bridgehead atoms. The molecule has 0 unspecified atom stereocenters. The van der Waals surface area contributed by atoms with Crippen LogP contribution in [0.3, 0.4) is 0 Å². The minimum absolute atomic E-state index is 0.197. The van der Waals surface area contributed by atoms with Crippen molar-refractivity contribution in [1.82, 2.24) is 0 Å². The predicted molar refractivity (Wildman–Crippen MR) is 63.2 cm³/mol. The number of para-hydroxylation sites is 2. The summed E-state index contributed by atoms with van der Waals surface area (Å²) in [5.74, 6) is -2.47. The number of hydrogen-bond acceptors (Lipinski definition) is 5. The highest BCUT2D eigenvalue weighted by molar-refractivity contribution is 6.43. The zero-order valence-corrected chi connectivity index (χ0v) is 10.3. The Kier molecular flexibility index (Phi) is 4.42. The lowest BCUT2D eigenvalue weighted by atomic mass is 10.2. The van der Waals surface area contributed by atoms with Gasteiger partial charge in [0, 0.05) is 6.92 Å². The standard InChI is InChI=1S/C12H13NO5/c1-8(14)13(11(15)12(16)18-3)9-6-4-5-7-10(9)17-2/h4-7H,1-3H3. The lowest BCUT2D eigenvalue weighted by Gasteiger charge is -2.19. The molecule has 6 heteroatoms. The van der Waals surface area contributed by atoms with Gasteiger partial charge in [0.2, 0.25) is 5.91 Å². The van der Waals surface area contributed by atoms with E-state index in [1.165, 1.54) is 20.1 Å². The molecule has 1 aromatic rings. The van der Waals surface area contributed by atoms with Crippen LogP contribution in [0.1, 0.15) is 6.92 Å². The molecule has 0 N–H and O–H groups in total. The minimum atomic E-state index is -1.11. The fraction of sp³-hybridized carbons (Fsp3) is 0.250. The number of amides is 2. The summed E-state index contributed by atoms with van der Waals surface area (Å²) < 4.78 is 9.36. The number of methoxy groups -OCH3 is 2. The van der Waals surface area contributed by atoms with Gasteiger partial charge < -0.3 is 9.47 Å². The Balaban J connectivity index is 3.25. The van der Waals surface area contributed by atoms with Gasteiger partial charge >= 0.3 is 11.9 Å². The molecule has 0 heterocycles. The van der Waals surface area contributed by atoms with Gasteiger partial charge in [-0.3, -0.25) is 9.59 Å². The number of benzene rings is 1. The highest BCUT2D eigenvalue weighted by atomic mass is 16.5. The molecule has 96 valence electrons. The molecule has 0 atom stereocenters. The summed E-state index contributed by atoms with van der Waals surface area (Å²) in [5.41, 5.74) is 0.197. The maximum atomic E-state index is 11.8. The number of carbonyl (C=O) groups excluding carboxylic acids is 3. The van der Waals surface area contributed by atoms with Crippen LogP contribution in [-0.4, -0.2) is 32.0 Å². The number of carbonyl (C=O) groups is 3. The van der Waals surface area contributed by atoms with E-state index in [0.29, 0.717) is 10.6 Å². The van der Waals surface area contributed by atoms with Crippen molar-refractivity contribution < 1.29 is 23.9 Å². The Labute approximate surface area is 104 Å². The monoisotopic (exact) mass is 251 g/mol. The van der Waals surface area contributed by atoms with Crippen LogP contribution in [0.5, 0.6) is 5.75 Å². The number of ether oxygens (including phenoxy) is 2. The zero-order chi connectivity index (χ0) is 13.7. The Morgan fingerprint density at radius 1 is 1.11 bits per heavy atom. The topological polar surface area (TPSA) is 72.9 Å². The average Bonchev–Trinajstić information content (AvgIpc) is 2.38. The van der Waals surface area contributed by atoms with Crippen molar-refractivity contribution in [3.63, 3.8) is 0 Å². The highest BCUT2D eigenvalue weighted by Gasteiger charge is 2.29. The molecule has 2 amide bonds. The van der Waals surface area contributed by atoms with E-state index in [-0.39, 0.29) is 5.69 Å². The molecule has 0 saturated carbocycles. The Morgan fingerprint density at radius 2 is 1.72 bits per heavy atom. The molecule has 0 aliphatic carbocycles. The lowest BCUT2D eigenvalue weighted by Crippen LogP contribution is -2.40. The number of hydrogen-bond donors (Lipinski definition) is 0. The van der Waals surface area contributed by atoms with Crippen LogP contribution in [0.15, 0.2) is 24.3 Å². The summed E-state index contributed by atoms with van der Waals surface area (Å²) in [5, 5.41) is 0. The fourth-order valence-corrected chi connectivity index (χ4v) is 1.42. The molecule has 1 rings (SSSR count). The number of anilines is 1. The third-order valence-electron chi connectivity index (χ3n) is 2.20. The SMILES string of the molecule is COC(=O)C(=O)N(C(C)=O)c1ccccc1OC. The van der Waals surface area contributed by atoms with Crippen molar-refractivity contribution in [3.05, 3.63) is 24.3 Å². The van der Waals surface area contributed by atoms with Gasteiger partial charge in [-0.1, -0.05) is 12.1 Å².